The second-order valence-electron chi connectivity index (χ2n) is 14.7. The fourth-order valence-electron chi connectivity index (χ4n) is 6.59. The highest BCUT2D eigenvalue weighted by Crippen LogP contribution is 2.36. The van der Waals surface area contributed by atoms with Gasteiger partial charge in [-0.2, -0.15) is 0 Å². The summed E-state index contributed by atoms with van der Waals surface area (Å²) >= 11 is 4.15. The van der Waals surface area contributed by atoms with Crippen molar-refractivity contribution in [2.45, 2.75) is 180 Å². The lowest BCUT2D eigenvalue weighted by Crippen LogP contribution is -2.67. The third-order valence-corrected chi connectivity index (χ3v) is 10.1. The summed E-state index contributed by atoms with van der Waals surface area (Å²) in [7, 11) is 0. The molecule has 0 aromatic heterocycles. The number of nitrogens with one attached hydrogen (secondary N) is 1. The largest absolute Gasteiger partial charge is 0.453 e. The number of benzene rings is 1. The molecule has 330 valence electrons. The van der Waals surface area contributed by atoms with E-state index in [4.69, 9.17) is 52.2 Å². The van der Waals surface area contributed by atoms with Crippen molar-refractivity contribution < 1.29 is 57.0 Å². The van der Waals surface area contributed by atoms with Gasteiger partial charge in [-0.05, 0) is 50.7 Å². The summed E-state index contributed by atoms with van der Waals surface area (Å²) in [6, 6.07) is 8.95. The number of unbranched alkanes of at least 4 members (excludes halogenated alkanes) is 6. The lowest BCUT2D eigenvalue weighted by atomic mass is 9.95. The molecular formula is C43H75NO12S. The molecule has 2 aliphatic heterocycles. The Balaban J connectivity index is 2.12. The molecule has 57 heavy (non-hydrogen) atoms. The molecule has 1 N–H and O–H groups in total. The van der Waals surface area contributed by atoms with Crippen LogP contribution in [-0.4, -0.2) is 120 Å². The highest BCUT2D eigenvalue weighted by atomic mass is 32.1. The molecule has 13 nitrogen and oxygen atoms in total. The summed E-state index contributed by atoms with van der Waals surface area (Å²) < 4.78 is 65.9. The molecule has 0 amide bonds. The molecule has 2 aliphatic rings. The molecular weight excluding hydrogens is 755 g/mol. The molecule has 0 radical (unpaired) electrons. The van der Waals surface area contributed by atoms with E-state index in [0.717, 1.165) is 77.0 Å². The van der Waals surface area contributed by atoms with Crippen LogP contribution in [-0.2, 0) is 52.2 Å². The Kier molecular flexibility index (Phi) is 26.8. The minimum Gasteiger partial charge on any atom is -0.453 e. The SMILES string of the molecule is CCCCOCC1O[C@@H](ONS)[C@@H](OCCCC)C(OCCCC)[C@H]1O[C@H]1OC(COCCCC)[C@@H](OC(=O)c2ccccc2)[C@H](OCCCC)C1OCCCC. The third kappa shape index (κ3) is 17.2. The summed E-state index contributed by atoms with van der Waals surface area (Å²) in [5.74, 6) is -0.483. The fraction of sp³-hybridized carbons (Fsp3) is 0.837. The second-order valence-corrected chi connectivity index (χ2v) is 14.9. The van der Waals surface area contributed by atoms with E-state index in [-0.39, 0.29) is 13.2 Å². The zero-order valence-corrected chi connectivity index (χ0v) is 36.5. The minimum atomic E-state index is -0.999. The van der Waals surface area contributed by atoms with Crippen LogP contribution in [0.4, 0.5) is 0 Å². The first-order valence-corrected chi connectivity index (χ1v) is 22.3. The van der Waals surface area contributed by atoms with E-state index in [9.17, 15) is 4.79 Å². The van der Waals surface area contributed by atoms with E-state index in [1.807, 2.05) is 18.2 Å². The van der Waals surface area contributed by atoms with Crippen LogP contribution >= 0.6 is 12.8 Å². The molecule has 10 atom stereocenters. The van der Waals surface area contributed by atoms with E-state index >= 15 is 0 Å². The topological polar surface area (TPSA) is 131 Å². The van der Waals surface area contributed by atoms with Gasteiger partial charge in [0.15, 0.2) is 12.4 Å². The molecule has 0 spiro atoms. The average molecular weight is 830 g/mol. The summed E-state index contributed by atoms with van der Waals surface area (Å²) in [6.07, 6.45) is 2.97. The van der Waals surface area contributed by atoms with E-state index < -0.39 is 67.4 Å². The highest BCUT2D eigenvalue weighted by Gasteiger charge is 2.55. The smallest absolute Gasteiger partial charge is 0.338 e. The van der Waals surface area contributed by atoms with E-state index in [1.165, 1.54) is 0 Å². The predicted molar refractivity (Wildman–Crippen MR) is 221 cm³/mol. The number of rotatable bonds is 32. The molecule has 2 fully saturated rings. The van der Waals surface area contributed by atoms with E-state index in [0.29, 0.717) is 45.2 Å². The Morgan fingerprint density at radius 1 is 0.561 bits per heavy atom. The minimum absolute atomic E-state index is 0.148. The van der Waals surface area contributed by atoms with Gasteiger partial charge in [0.05, 0.1) is 18.8 Å². The van der Waals surface area contributed by atoms with Gasteiger partial charge in [0.25, 0.3) is 0 Å². The molecule has 14 heteroatoms. The maximum atomic E-state index is 13.7. The normalized spacial score (nSPS) is 27.8. The Morgan fingerprint density at radius 2 is 0.982 bits per heavy atom. The highest BCUT2D eigenvalue weighted by molar-refractivity contribution is 7.77. The fourth-order valence-corrected chi connectivity index (χ4v) is 6.69. The number of esters is 1. The molecule has 1 aromatic rings. The molecule has 2 heterocycles. The Bertz CT molecular complexity index is 1140. The van der Waals surface area contributed by atoms with Crippen LogP contribution in [0.15, 0.2) is 30.3 Å². The van der Waals surface area contributed by atoms with Crippen LogP contribution in [0.5, 0.6) is 0 Å². The summed E-state index contributed by atoms with van der Waals surface area (Å²) in [5.41, 5.74) is 0.427. The van der Waals surface area contributed by atoms with Crippen molar-refractivity contribution in [1.29, 1.82) is 0 Å². The van der Waals surface area contributed by atoms with Crippen LogP contribution in [0, 0.1) is 0 Å². The van der Waals surface area contributed by atoms with Crippen molar-refractivity contribution in [3.8, 4) is 0 Å². The predicted octanol–water partition coefficient (Wildman–Crippen LogP) is 7.79. The number of thiol groups is 1. The zero-order valence-electron chi connectivity index (χ0n) is 35.6. The van der Waals surface area contributed by atoms with Gasteiger partial charge in [0.1, 0.15) is 42.7 Å². The van der Waals surface area contributed by atoms with Gasteiger partial charge < -0.3 is 47.4 Å². The lowest BCUT2D eigenvalue weighted by molar-refractivity contribution is -0.374. The molecule has 3 rings (SSSR count). The van der Waals surface area contributed by atoms with Gasteiger partial charge in [-0.15, -0.1) is 4.89 Å². The first-order valence-electron chi connectivity index (χ1n) is 21.9. The van der Waals surface area contributed by atoms with Gasteiger partial charge in [0.2, 0.25) is 6.29 Å². The number of hydrogen-bond donors (Lipinski definition) is 2. The molecule has 0 bridgehead atoms. The van der Waals surface area contributed by atoms with Crippen molar-refractivity contribution in [2.75, 3.05) is 52.9 Å². The number of hydrogen-bond acceptors (Lipinski definition) is 14. The van der Waals surface area contributed by atoms with Crippen LogP contribution in [0.1, 0.15) is 129 Å². The van der Waals surface area contributed by atoms with Gasteiger partial charge in [-0.1, -0.05) is 111 Å². The van der Waals surface area contributed by atoms with E-state index in [2.05, 4.69) is 59.2 Å². The van der Waals surface area contributed by atoms with Crippen molar-refractivity contribution in [3.63, 3.8) is 0 Å². The summed E-state index contributed by atoms with van der Waals surface area (Å²) in [6.45, 7) is 15.9. The number of ether oxygens (including phenoxy) is 10. The number of carbonyl (C=O) groups excluding carboxylic acids is 1. The summed E-state index contributed by atoms with van der Waals surface area (Å²) in [4.78, 5) is 22.1. The van der Waals surface area contributed by atoms with Crippen molar-refractivity contribution in [2.24, 2.45) is 0 Å². The van der Waals surface area contributed by atoms with Gasteiger partial charge in [-0.25, -0.2) is 4.79 Å². The van der Waals surface area contributed by atoms with Gasteiger partial charge >= 0.3 is 5.97 Å². The van der Waals surface area contributed by atoms with Gasteiger partial charge in [-0.3, -0.25) is 4.84 Å². The van der Waals surface area contributed by atoms with Gasteiger partial charge in [0, 0.05) is 39.6 Å². The van der Waals surface area contributed by atoms with Crippen molar-refractivity contribution >= 4 is 18.8 Å². The van der Waals surface area contributed by atoms with Crippen LogP contribution in [0.2, 0.25) is 0 Å². The lowest BCUT2D eigenvalue weighted by Gasteiger charge is -2.50. The first-order chi connectivity index (χ1) is 28.0. The maximum absolute atomic E-state index is 13.7. The quantitative estimate of drug-likeness (QED) is 0.0318. The Hall–Kier alpha value is -1.40. The zero-order chi connectivity index (χ0) is 41.1. The first kappa shape index (κ1) is 50.0. The second kappa shape index (κ2) is 30.6. The van der Waals surface area contributed by atoms with Crippen LogP contribution in [0.25, 0.3) is 0 Å². The third-order valence-electron chi connectivity index (χ3n) is 9.98. The molecule has 1 aromatic carbocycles. The molecule has 4 unspecified atom stereocenters. The van der Waals surface area contributed by atoms with Crippen molar-refractivity contribution in [1.82, 2.24) is 4.89 Å². The van der Waals surface area contributed by atoms with Crippen LogP contribution < -0.4 is 4.89 Å². The maximum Gasteiger partial charge on any atom is 0.338 e. The number of carbonyl (C=O) groups is 1. The Labute approximate surface area is 348 Å². The standard InChI is InChI=1S/C43H75NO12S/c1-7-13-24-46-30-33-35(54-41(45)32-22-20-19-21-23-32)37(48-26-15-9-3)39(50-28-17-11-5)42(52-33)55-36-34(31-47-25-14-8-2)53-43(56-44-57)40(51-29-18-12-6)38(36)49-27-16-10-4/h19-23,33-40,42-44,57H,7-18,24-31H2,1-6H3/t33?,34?,35-,36+,37+,38?,39?,40+,42-,43+/m1/s1. The Morgan fingerprint density at radius 3 is 1.47 bits per heavy atom. The monoisotopic (exact) mass is 830 g/mol. The molecule has 0 saturated carbocycles. The van der Waals surface area contributed by atoms with Crippen molar-refractivity contribution in [3.05, 3.63) is 35.9 Å². The molecule has 2 saturated heterocycles. The summed E-state index contributed by atoms with van der Waals surface area (Å²) in [5, 5.41) is 0. The average Bonchev–Trinajstić information content (AvgIpc) is 3.22. The van der Waals surface area contributed by atoms with Crippen LogP contribution in [0.3, 0.4) is 0 Å². The van der Waals surface area contributed by atoms with E-state index in [1.54, 1.807) is 12.1 Å². The molecule has 0 aliphatic carbocycles.